The van der Waals surface area contributed by atoms with E-state index < -0.39 is 5.97 Å². The fourth-order valence-electron chi connectivity index (χ4n) is 4.26. The Morgan fingerprint density at radius 3 is 2.70 bits per heavy atom. The highest BCUT2D eigenvalue weighted by Gasteiger charge is 2.43. The first-order chi connectivity index (χ1) is 9.60. The third kappa shape index (κ3) is 1.65. The molecule has 0 aliphatic heterocycles. The Morgan fingerprint density at radius 2 is 2.05 bits per heavy atom. The van der Waals surface area contributed by atoms with Crippen LogP contribution in [0, 0.1) is 5.41 Å². The summed E-state index contributed by atoms with van der Waals surface area (Å²) in [5, 5.41) is 9.40. The lowest BCUT2D eigenvalue weighted by molar-refractivity contribution is 0.0696. The Balaban J connectivity index is 1.82. The van der Waals surface area contributed by atoms with Crippen molar-refractivity contribution in [3.05, 3.63) is 38.9 Å². The summed E-state index contributed by atoms with van der Waals surface area (Å²) in [4.78, 5) is 11.4. The largest absolute Gasteiger partial charge is 0.478 e. The van der Waals surface area contributed by atoms with Crippen LogP contribution in [0.4, 0.5) is 0 Å². The van der Waals surface area contributed by atoms with Crippen molar-refractivity contribution >= 4 is 27.5 Å². The lowest BCUT2D eigenvalue weighted by Crippen LogP contribution is -2.31. The second-order valence-corrected chi connectivity index (χ2v) is 7.40. The predicted octanol–water partition coefficient (Wildman–Crippen LogP) is 4.81. The Bertz CT molecular complexity index is 653. The normalized spacial score (nSPS) is 22.4. The monoisotopic (exact) mass is 332 g/mol. The van der Waals surface area contributed by atoms with Crippen LogP contribution in [0.2, 0.25) is 0 Å². The third-order valence-electron chi connectivity index (χ3n) is 5.53. The van der Waals surface area contributed by atoms with Gasteiger partial charge < -0.3 is 5.11 Å². The topological polar surface area (TPSA) is 37.3 Å². The second kappa shape index (κ2) is 4.20. The fraction of sp³-hybridized carbons (Fsp3) is 0.471. The van der Waals surface area contributed by atoms with Crippen molar-refractivity contribution in [2.24, 2.45) is 5.41 Å². The van der Waals surface area contributed by atoms with Gasteiger partial charge in [-0.15, -0.1) is 0 Å². The molecule has 3 heteroatoms. The number of hydrogen-bond donors (Lipinski definition) is 1. The van der Waals surface area contributed by atoms with Crippen molar-refractivity contribution in [3.63, 3.8) is 0 Å². The van der Waals surface area contributed by atoms with Crippen LogP contribution in [-0.2, 0) is 6.42 Å². The SMILES string of the molecule is O=C(O)c1ccc(Br)c2c1CC1=C2CC2(CCC2)CC1. The average Bonchev–Trinajstić information content (AvgIpc) is 2.75. The molecule has 4 rings (SSSR count). The lowest BCUT2D eigenvalue weighted by Gasteiger charge is -2.45. The molecule has 0 amide bonds. The summed E-state index contributed by atoms with van der Waals surface area (Å²) >= 11 is 3.64. The van der Waals surface area contributed by atoms with E-state index in [0.29, 0.717) is 11.0 Å². The molecule has 0 unspecified atom stereocenters. The number of hydrogen-bond acceptors (Lipinski definition) is 1. The van der Waals surface area contributed by atoms with Crippen molar-refractivity contribution < 1.29 is 9.90 Å². The van der Waals surface area contributed by atoms with E-state index in [-0.39, 0.29) is 0 Å². The first kappa shape index (κ1) is 12.6. The molecule has 20 heavy (non-hydrogen) atoms. The van der Waals surface area contributed by atoms with Gasteiger partial charge in [0.05, 0.1) is 5.56 Å². The van der Waals surface area contributed by atoms with Gasteiger partial charge in [0.2, 0.25) is 0 Å². The van der Waals surface area contributed by atoms with E-state index in [1.807, 2.05) is 6.07 Å². The number of fused-ring (bicyclic) bond motifs is 2. The van der Waals surface area contributed by atoms with Crippen molar-refractivity contribution in [3.8, 4) is 0 Å². The Morgan fingerprint density at radius 1 is 1.25 bits per heavy atom. The Hall–Kier alpha value is -1.09. The zero-order chi connectivity index (χ0) is 13.9. The molecule has 3 aliphatic carbocycles. The van der Waals surface area contributed by atoms with Crippen LogP contribution in [-0.4, -0.2) is 11.1 Å². The molecule has 1 aromatic carbocycles. The molecule has 2 nitrogen and oxygen atoms in total. The van der Waals surface area contributed by atoms with Gasteiger partial charge in [-0.3, -0.25) is 0 Å². The number of carboxylic acid groups (broad SMARTS) is 1. The highest BCUT2D eigenvalue weighted by molar-refractivity contribution is 9.10. The van der Waals surface area contributed by atoms with Gasteiger partial charge in [0.15, 0.2) is 0 Å². The standard InChI is InChI=1S/C17H17BrO2/c18-14-3-2-11(16(19)20)12-8-10-4-7-17(5-1-6-17)9-13(10)15(12)14/h2-3H,1,4-9H2,(H,19,20). The van der Waals surface area contributed by atoms with Crippen LogP contribution in [0.15, 0.2) is 22.2 Å². The van der Waals surface area contributed by atoms with Crippen LogP contribution in [0.1, 0.15) is 60.0 Å². The number of carboxylic acids is 1. The Kier molecular flexibility index (Phi) is 2.65. The van der Waals surface area contributed by atoms with E-state index >= 15 is 0 Å². The van der Waals surface area contributed by atoms with Gasteiger partial charge >= 0.3 is 5.97 Å². The molecule has 1 spiro atoms. The van der Waals surface area contributed by atoms with E-state index in [4.69, 9.17) is 0 Å². The van der Waals surface area contributed by atoms with E-state index in [9.17, 15) is 9.90 Å². The van der Waals surface area contributed by atoms with Crippen LogP contribution in [0.3, 0.4) is 0 Å². The molecule has 0 saturated heterocycles. The Labute approximate surface area is 127 Å². The molecule has 0 atom stereocenters. The summed E-state index contributed by atoms with van der Waals surface area (Å²) in [6.07, 6.45) is 8.56. The summed E-state index contributed by atoms with van der Waals surface area (Å²) in [5.74, 6) is -0.799. The van der Waals surface area contributed by atoms with Crippen LogP contribution < -0.4 is 0 Å². The van der Waals surface area contributed by atoms with Crippen molar-refractivity contribution in [1.29, 1.82) is 0 Å². The van der Waals surface area contributed by atoms with Crippen LogP contribution in [0.25, 0.3) is 5.57 Å². The zero-order valence-corrected chi connectivity index (χ0v) is 12.9. The second-order valence-electron chi connectivity index (χ2n) is 6.54. The molecule has 104 valence electrons. The highest BCUT2D eigenvalue weighted by atomic mass is 79.9. The third-order valence-corrected chi connectivity index (χ3v) is 6.20. The zero-order valence-electron chi connectivity index (χ0n) is 11.3. The lowest BCUT2D eigenvalue weighted by atomic mass is 9.59. The molecule has 1 aromatic rings. The number of halogens is 1. The number of carbonyl (C=O) groups is 1. The molecule has 1 fully saturated rings. The molecule has 1 N–H and O–H groups in total. The quantitative estimate of drug-likeness (QED) is 0.801. The maximum atomic E-state index is 11.4. The minimum Gasteiger partial charge on any atom is -0.478 e. The number of aromatic carboxylic acids is 1. The van der Waals surface area contributed by atoms with E-state index in [2.05, 4.69) is 15.9 Å². The number of benzene rings is 1. The van der Waals surface area contributed by atoms with Crippen molar-refractivity contribution in [2.75, 3.05) is 0 Å². The summed E-state index contributed by atoms with van der Waals surface area (Å²) in [7, 11) is 0. The minimum absolute atomic E-state index is 0.486. The van der Waals surface area contributed by atoms with Gasteiger partial charge in [-0.2, -0.15) is 0 Å². The first-order valence-electron chi connectivity index (χ1n) is 7.36. The molecular formula is C17H17BrO2. The fourth-order valence-corrected chi connectivity index (χ4v) is 4.87. The summed E-state index contributed by atoms with van der Waals surface area (Å²) in [6.45, 7) is 0. The van der Waals surface area contributed by atoms with Crippen LogP contribution in [0.5, 0.6) is 0 Å². The molecule has 0 aromatic heterocycles. The van der Waals surface area contributed by atoms with Gasteiger partial charge in [-0.05, 0) is 72.8 Å². The maximum Gasteiger partial charge on any atom is 0.335 e. The number of allylic oxidation sites excluding steroid dienone is 2. The smallest absolute Gasteiger partial charge is 0.335 e. The maximum absolute atomic E-state index is 11.4. The molecule has 0 radical (unpaired) electrons. The van der Waals surface area contributed by atoms with Crippen LogP contribution >= 0.6 is 15.9 Å². The van der Waals surface area contributed by atoms with Crippen molar-refractivity contribution in [1.82, 2.24) is 0 Å². The first-order valence-corrected chi connectivity index (χ1v) is 8.15. The van der Waals surface area contributed by atoms with Gasteiger partial charge in [-0.1, -0.05) is 27.9 Å². The molecule has 0 bridgehead atoms. The highest BCUT2D eigenvalue weighted by Crippen LogP contribution is 2.58. The van der Waals surface area contributed by atoms with Gasteiger partial charge in [0.1, 0.15) is 0 Å². The van der Waals surface area contributed by atoms with Gasteiger partial charge in [0, 0.05) is 4.47 Å². The van der Waals surface area contributed by atoms with Crippen molar-refractivity contribution in [2.45, 2.75) is 44.9 Å². The van der Waals surface area contributed by atoms with Gasteiger partial charge in [0.25, 0.3) is 0 Å². The minimum atomic E-state index is -0.799. The van der Waals surface area contributed by atoms with E-state index in [1.165, 1.54) is 42.4 Å². The van der Waals surface area contributed by atoms with E-state index in [0.717, 1.165) is 29.3 Å². The predicted molar refractivity (Wildman–Crippen MR) is 81.9 cm³/mol. The molecule has 0 heterocycles. The molecule has 3 aliphatic rings. The molecule has 1 saturated carbocycles. The summed E-state index contributed by atoms with van der Waals surface area (Å²) in [6, 6.07) is 3.64. The number of rotatable bonds is 1. The molecular weight excluding hydrogens is 316 g/mol. The van der Waals surface area contributed by atoms with E-state index in [1.54, 1.807) is 6.07 Å². The van der Waals surface area contributed by atoms with Gasteiger partial charge in [-0.25, -0.2) is 4.79 Å². The summed E-state index contributed by atoms with van der Waals surface area (Å²) < 4.78 is 1.07. The average molecular weight is 333 g/mol. The summed E-state index contributed by atoms with van der Waals surface area (Å²) in [5.41, 5.74) is 6.21.